The van der Waals surface area contributed by atoms with Crippen LogP contribution in [-0.4, -0.2) is 37.5 Å². The first-order valence-corrected chi connectivity index (χ1v) is 7.19. The van der Waals surface area contributed by atoms with Crippen molar-refractivity contribution in [2.45, 2.75) is 31.6 Å². The van der Waals surface area contributed by atoms with Crippen molar-refractivity contribution in [3.8, 4) is 0 Å². The van der Waals surface area contributed by atoms with Crippen LogP contribution in [0.3, 0.4) is 0 Å². The summed E-state index contributed by atoms with van der Waals surface area (Å²) < 4.78 is 11.6. The molecule has 1 heterocycles. The second kappa shape index (κ2) is 4.75. The van der Waals surface area contributed by atoms with Crippen LogP contribution in [0.2, 0.25) is 0 Å². The lowest BCUT2D eigenvalue weighted by molar-refractivity contribution is -0.129. The van der Waals surface area contributed by atoms with Gasteiger partial charge < -0.3 is 4.90 Å². The van der Waals surface area contributed by atoms with Gasteiger partial charge in [0.15, 0.2) is 0 Å². The van der Waals surface area contributed by atoms with Crippen molar-refractivity contribution in [3.63, 3.8) is 0 Å². The average Bonchev–Trinajstić information content (AvgIpc) is 2.28. The first-order chi connectivity index (χ1) is 6.50. The molecule has 1 atom stereocenters. The summed E-state index contributed by atoms with van der Waals surface area (Å²) in [5, 5.41) is 0.957. The molecule has 0 aromatic carbocycles. The minimum absolute atomic E-state index is 0.0305. The Morgan fingerprint density at radius 1 is 1.50 bits per heavy atom. The third kappa shape index (κ3) is 2.37. The Hall–Kier alpha value is 0.1000. The fourth-order valence-corrected chi connectivity index (χ4v) is 3.12. The van der Waals surface area contributed by atoms with E-state index in [1.54, 1.807) is 4.90 Å². The Morgan fingerprint density at radius 3 is 2.57 bits per heavy atom. The van der Waals surface area contributed by atoms with E-state index in [-0.39, 0.29) is 11.7 Å². The van der Waals surface area contributed by atoms with Gasteiger partial charge in [-0.05, 0) is 26.7 Å². The van der Waals surface area contributed by atoms with E-state index in [9.17, 15) is 9.00 Å². The van der Waals surface area contributed by atoms with E-state index in [1.807, 2.05) is 13.8 Å². The Morgan fingerprint density at radius 2 is 2.14 bits per heavy atom. The van der Waals surface area contributed by atoms with Crippen LogP contribution in [-0.2, 0) is 15.6 Å². The minimum atomic E-state index is -1.03. The summed E-state index contributed by atoms with van der Waals surface area (Å²) in [6.45, 7) is 4.48. The van der Waals surface area contributed by atoms with E-state index in [4.69, 9.17) is 0 Å². The van der Waals surface area contributed by atoms with Crippen molar-refractivity contribution in [1.82, 2.24) is 4.90 Å². The Kier molecular flexibility index (Phi) is 4.13. The summed E-state index contributed by atoms with van der Waals surface area (Å²) in [6.07, 6.45) is 2.02. The van der Waals surface area contributed by atoms with E-state index in [0.717, 1.165) is 24.7 Å². The average molecular weight is 282 g/mol. The number of unbranched alkanes of at least 4 members (excludes halogenated alkanes) is 1. The summed E-state index contributed by atoms with van der Waals surface area (Å²) in [5.41, 5.74) is 0. The maximum atomic E-state index is 11.6. The largest absolute Gasteiger partial charge is 0.325 e. The number of carbonyl (C=O) groups excluding carboxylic acids is 1. The highest BCUT2D eigenvalue weighted by atomic mass is 79.9. The zero-order valence-corrected chi connectivity index (χ0v) is 11.0. The summed E-state index contributed by atoms with van der Waals surface area (Å²) in [5.74, 6) is 0.226. The molecule has 14 heavy (non-hydrogen) atoms. The molecule has 0 aliphatic carbocycles. The highest BCUT2D eigenvalue weighted by molar-refractivity contribution is 9.09. The Balaban J connectivity index is 2.58. The molecule has 5 heteroatoms. The summed E-state index contributed by atoms with van der Waals surface area (Å²) in [6, 6.07) is 0. The van der Waals surface area contributed by atoms with Gasteiger partial charge in [0.2, 0.25) is 5.91 Å². The van der Waals surface area contributed by atoms with Gasteiger partial charge in [0.1, 0.15) is 10.6 Å². The minimum Gasteiger partial charge on any atom is -0.325 e. The first-order valence-electron chi connectivity index (χ1n) is 4.75. The molecule has 82 valence electrons. The lowest BCUT2D eigenvalue weighted by Crippen LogP contribution is -2.43. The molecule has 0 spiro atoms. The van der Waals surface area contributed by atoms with Gasteiger partial charge in [0.05, 0.1) is 10.8 Å². The Bertz CT molecular complexity index is 255. The number of nitrogens with zero attached hydrogens (tertiary/aromatic N) is 1. The fourth-order valence-electron chi connectivity index (χ4n) is 1.55. The van der Waals surface area contributed by atoms with Crippen molar-refractivity contribution in [2.75, 3.05) is 17.6 Å². The molecule has 0 aromatic rings. The zero-order valence-electron chi connectivity index (χ0n) is 8.59. The van der Waals surface area contributed by atoms with E-state index < -0.39 is 15.7 Å². The van der Waals surface area contributed by atoms with Gasteiger partial charge in [0, 0.05) is 11.9 Å². The quantitative estimate of drug-likeness (QED) is 0.578. The molecule has 0 bridgehead atoms. The van der Waals surface area contributed by atoms with Gasteiger partial charge in [0.25, 0.3) is 0 Å². The third-order valence-corrected chi connectivity index (χ3v) is 4.93. The van der Waals surface area contributed by atoms with Gasteiger partial charge >= 0.3 is 0 Å². The predicted octanol–water partition coefficient (Wildman–Crippen LogP) is 1.49. The standard InChI is InChI=1S/C9H16BrNO2S/c1-9(2)11(6-4-3-5-10)8(12)7-14(9)13/h3-7H2,1-2H3. The molecule has 0 saturated carbocycles. The van der Waals surface area contributed by atoms with Crippen LogP contribution >= 0.6 is 15.9 Å². The molecule has 1 aliphatic heterocycles. The molecule has 0 N–H and O–H groups in total. The number of hydrogen-bond acceptors (Lipinski definition) is 2. The van der Waals surface area contributed by atoms with E-state index in [2.05, 4.69) is 15.9 Å². The lowest BCUT2D eigenvalue weighted by Gasteiger charge is -2.29. The maximum absolute atomic E-state index is 11.6. The number of amides is 1. The number of carbonyl (C=O) groups is 1. The molecule has 1 saturated heterocycles. The third-order valence-electron chi connectivity index (χ3n) is 2.53. The fraction of sp³-hybridized carbons (Fsp3) is 0.889. The zero-order chi connectivity index (χ0) is 10.8. The molecule has 1 amide bonds. The molecule has 1 rings (SSSR count). The van der Waals surface area contributed by atoms with Crippen molar-refractivity contribution in [1.29, 1.82) is 0 Å². The van der Waals surface area contributed by atoms with Gasteiger partial charge in [-0.2, -0.15) is 0 Å². The van der Waals surface area contributed by atoms with Crippen LogP contribution in [0.15, 0.2) is 0 Å². The lowest BCUT2D eigenvalue weighted by atomic mass is 10.2. The molecule has 1 aliphatic rings. The smallest absolute Gasteiger partial charge is 0.236 e. The van der Waals surface area contributed by atoms with Crippen molar-refractivity contribution in [3.05, 3.63) is 0 Å². The molecular weight excluding hydrogens is 266 g/mol. The van der Waals surface area contributed by atoms with Crippen LogP contribution < -0.4 is 0 Å². The van der Waals surface area contributed by atoms with Crippen LogP contribution in [0.4, 0.5) is 0 Å². The molecular formula is C9H16BrNO2S. The van der Waals surface area contributed by atoms with Crippen LogP contribution in [0.25, 0.3) is 0 Å². The van der Waals surface area contributed by atoms with Gasteiger partial charge in [-0.3, -0.25) is 9.00 Å². The first kappa shape index (κ1) is 12.2. The second-order valence-corrected chi connectivity index (χ2v) is 6.65. The number of halogens is 1. The number of rotatable bonds is 4. The van der Waals surface area contributed by atoms with E-state index in [0.29, 0.717) is 0 Å². The SMILES string of the molecule is CC1(C)N(CCCCBr)C(=O)CS1=O. The maximum Gasteiger partial charge on any atom is 0.236 e. The van der Waals surface area contributed by atoms with Gasteiger partial charge in [-0.15, -0.1) is 0 Å². The number of alkyl halides is 1. The van der Waals surface area contributed by atoms with Crippen LogP contribution in [0.5, 0.6) is 0 Å². The predicted molar refractivity (Wildman–Crippen MR) is 61.8 cm³/mol. The molecule has 3 nitrogen and oxygen atoms in total. The van der Waals surface area contributed by atoms with Gasteiger partial charge in [-0.1, -0.05) is 15.9 Å². The van der Waals surface area contributed by atoms with Crippen LogP contribution in [0, 0.1) is 0 Å². The molecule has 1 unspecified atom stereocenters. The van der Waals surface area contributed by atoms with Crippen LogP contribution in [0.1, 0.15) is 26.7 Å². The second-order valence-electron chi connectivity index (χ2n) is 3.88. The van der Waals surface area contributed by atoms with Crippen molar-refractivity contribution >= 4 is 32.6 Å². The highest BCUT2D eigenvalue weighted by Crippen LogP contribution is 2.26. The molecule has 1 fully saturated rings. The number of hydrogen-bond donors (Lipinski definition) is 0. The van der Waals surface area contributed by atoms with E-state index in [1.165, 1.54) is 0 Å². The van der Waals surface area contributed by atoms with Gasteiger partial charge in [-0.25, -0.2) is 0 Å². The van der Waals surface area contributed by atoms with Crippen molar-refractivity contribution < 1.29 is 9.00 Å². The van der Waals surface area contributed by atoms with E-state index >= 15 is 0 Å². The summed E-state index contributed by atoms with van der Waals surface area (Å²) in [4.78, 5) is 12.8. The summed E-state index contributed by atoms with van der Waals surface area (Å²) >= 11 is 3.35. The summed E-state index contributed by atoms with van der Waals surface area (Å²) in [7, 11) is -1.03. The molecule has 0 radical (unpaired) electrons. The highest BCUT2D eigenvalue weighted by Gasteiger charge is 2.43. The topological polar surface area (TPSA) is 37.4 Å². The van der Waals surface area contributed by atoms with Crippen molar-refractivity contribution in [2.24, 2.45) is 0 Å². The normalized spacial score (nSPS) is 25.8. The monoisotopic (exact) mass is 281 g/mol. The molecule has 0 aromatic heterocycles. The Labute approximate surface area is 95.8 Å².